The minimum atomic E-state index is -1.27. The van der Waals surface area contributed by atoms with Gasteiger partial charge in [-0.2, -0.15) is 0 Å². The van der Waals surface area contributed by atoms with Crippen LogP contribution in [0.4, 0.5) is 16.8 Å². The van der Waals surface area contributed by atoms with Crippen LogP contribution in [0, 0.1) is 0 Å². The van der Waals surface area contributed by atoms with Crippen LogP contribution in [-0.4, -0.2) is 66.8 Å². The molecule has 0 aliphatic carbocycles. The second kappa shape index (κ2) is 6.45. The van der Waals surface area contributed by atoms with Gasteiger partial charge in [0, 0.05) is 7.05 Å². The Bertz CT molecular complexity index is 916. The number of thiophene rings is 1. The minimum absolute atomic E-state index is 0.196. The zero-order valence-corrected chi connectivity index (χ0v) is 14.6. The number of aliphatic hydroxyl groups is 3. The first-order valence-corrected chi connectivity index (χ1v) is 8.79. The summed E-state index contributed by atoms with van der Waals surface area (Å²) in [6.07, 6.45) is -3.10. The lowest BCUT2D eigenvalue weighted by molar-refractivity contribution is -0.0503. The van der Waals surface area contributed by atoms with E-state index in [1.807, 2.05) is 24.6 Å². The molecule has 11 heteroatoms. The van der Waals surface area contributed by atoms with Crippen LogP contribution < -0.4 is 10.6 Å². The van der Waals surface area contributed by atoms with Gasteiger partial charge in [-0.1, -0.05) is 0 Å². The number of imidazole rings is 1. The molecule has 3 aromatic rings. The van der Waals surface area contributed by atoms with Crippen molar-refractivity contribution in [3.63, 3.8) is 0 Å². The Kier molecular flexibility index (Phi) is 4.25. The summed E-state index contributed by atoms with van der Waals surface area (Å²) in [4.78, 5) is 14.5. The van der Waals surface area contributed by atoms with Gasteiger partial charge in [0.1, 0.15) is 24.6 Å². The van der Waals surface area contributed by atoms with Crippen LogP contribution in [0.2, 0.25) is 0 Å². The van der Waals surface area contributed by atoms with Gasteiger partial charge in [0.25, 0.3) is 0 Å². The number of hydrogen-bond acceptors (Lipinski definition) is 10. The van der Waals surface area contributed by atoms with E-state index in [-0.39, 0.29) is 5.82 Å². The number of hydrogen-bond donors (Lipinski definition) is 4. The highest BCUT2D eigenvalue weighted by Gasteiger charge is 2.45. The molecule has 1 fully saturated rings. The summed E-state index contributed by atoms with van der Waals surface area (Å²) < 4.78 is 7.25. The van der Waals surface area contributed by atoms with Crippen molar-refractivity contribution in [3.05, 3.63) is 23.8 Å². The van der Waals surface area contributed by atoms with Gasteiger partial charge in [0.05, 0.1) is 11.6 Å². The number of nitrogens with zero attached hydrogens (tertiary/aromatic N) is 5. The second-order valence-electron chi connectivity index (χ2n) is 5.95. The maximum Gasteiger partial charge on any atom is 0.215 e. The maximum absolute atomic E-state index is 10.5. The molecule has 1 aliphatic heterocycles. The quantitative estimate of drug-likeness (QED) is 0.487. The predicted octanol–water partition coefficient (Wildman–Crippen LogP) is -0.151. The summed E-state index contributed by atoms with van der Waals surface area (Å²) in [5, 5.41) is 32.8. The van der Waals surface area contributed by atoms with Crippen LogP contribution in [-0.2, 0) is 4.74 Å². The van der Waals surface area contributed by atoms with Crippen molar-refractivity contribution in [2.24, 2.45) is 0 Å². The third-order valence-electron chi connectivity index (χ3n) is 4.40. The van der Waals surface area contributed by atoms with Gasteiger partial charge in [-0.05, 0) is 17.5 Å². The molecule has 0 bridgehead atoms. The van der Waals surface area contributed by atoms with Crippen molar-refractivity contribution in [3.8, 4) is 0 Å². The summed E-state index contributed by atoms with van der Waals surface area (Å²) in [6, 6.07) is 3.82. The molecule has 0 saturated carbocycles. The predicted molar refractivity (Wildman–Crippen MR) is 95.1 cm³/mol. The number of fused-ring (bicyclic) bond motifs is 1. The number of nitrogens with two attached hydrogens (primary N) is 1. The van der Waals surface area contributed by atoms with Gasteiger partial charge in [0.2, 0.25) is 5.95 Å². The summed E-state index contributed by atoms with van der Waals surface area (Å²) in [7, 11) is 1.81. The maximum atomic E-state index is 10.5. The zero-order chi connectivity index (χ0) is 18.4. The van der Waals surface area contributed by atoms with E-state index in [1.165, 1.54) is 17.7 Å². The Hall–Kier alpha value is -2.31. The average Bonchev–Trinajstić information content (AvgIpc) is 3.35. The van der Waals surface area contributed by atoms with Crippen LogP contribution in [0.15, 0.2) is 23.8 Å². The molecule has 4 rings (SSSR count). The highest BCUT2D eigenvalue weighted by atomic mass is 32.1. The molecule has 1 aliphatic rings. The first-order chi connectivity index (χ1) is 12.5. The molecule has 4 heterocycles. The summed E-state index contributed by atoms with van der Waals surface area (Å²) in [5.74, 6) is 0.616. The van der Waals surface area contributed by atoms with E-state index in [4.69, 9.17) is 10.5 Å². The molecule has 4 atom stereocenters. The van der Waals surface area contributed by atoms with Crippen LogP contribution in [0.5, 0.6) is 0 Å². The largest absolute Gasteiger partial charge is 0.394 e. The lowest BCUT2D eigenvalue weighted by atomic mass is 10.1. The Balaban J connectivity index is 1.89. The summed E-state index contributed by atoms with van der Waals surface area (Å²) >= 11 is 1.51. The van der Waals surface area contributed by atoms with E-state index < -0.39 is 31.1 Å². The Morgan fingerprint density at radius 3 is 2.81 bits per heavy atom. The van der Waals surface area contributed by atoms with Gasteiger partial charge < -0.3 is 30.7 Å². The molecule has 0 unspecified atom stereocenters. The molecule has 10 nitrogen and oxygen atoms in total. The lowest BCUT2D eigenvalue weighted by Gasteiger charge is -2.23. The summed E-state index contributed by atoms with van der Waals surface area (Å²) in [5.41, 5.74) is 6.67. The van der Waals surface area contributed by atoms with Crippen molar-refractivity contribution in [1.82, 2.24) is 19.5 Å². The molecule has 5 N–H and O–H groups in total. The Morgan fingerprint density at radius 2 is 2.15 bits per heavy atom. The molecule has 0 amide bonds. The average molecular weight is 378 g/mol. The first-order valence-electron chi connectivity index (χ1n) is 7.91. The molecule has 0 radical (unpaired) electrons. The van der Waals surface area contributed by atoms with Crippen LogP contribution >= 0.6 is 11.3 Å². The fourth-order valence-corrected chi connectivity index (χ4v) is 3.73. The van der Waals surface area contributed by atoms with Crippen LogP contribution in [0.25, 0.3) is 11.2 Å². The second-order valence-corrected chi connectivity index (χ2v) is 6.88. The number of aliphatic hydroxyl groups excluding tert-OH is 3. The summed E-state index contributed by atoms with van der Waals surface area (Å²) in [6.45, 7) is -0.422. The number of ether oxygens (including phenoxy) is 1. The lowest BCUT2D eigenvalue weighted by Crippen LogP contribution is -2.33. The fourth-order valence-electron chi connectivity index (χ4n) is 3.04. The fraction of sp³-hybridized carbons (Fsp3) is 0.400. The van der Waals surface area contributed by atoms with E-state index in [2.05, 4.69) is 15.0 Å². The van der Waals surface area contributed by atoms with Crippen molar-refractivity contribution in [1.29, 1.82) is 0 Å². The molecule has 138 valence electrons. The van der Waals surface area contributed by atoms with Crippen molar-refractivity contribution in [2.45, 2.75) is 24.5 Å². The van der Waals surface area contributed by atoms with Crippen molar-refractivity contribution < 1.29 is 20.1 Å². The Morgan fingerprint density at radius 1 is 1.35 bits per heavy atom. The number of rotatable bonds is 4. The molecule has 26 heavy (non-hydrogen) atoms. The first kappa shape index (κ1) is 17.1. The van der Waals surface area contributed by atoms with Gasteiger partial charge in [-0.3, -0.25) is 4.57 Å². The van der Waals surface area contributed by atoms with E-state index in [1.54, 1.807) is 9.47 Å². The monoisotopic (exact) mass is 378 g/mol. The number of nitrogen functional groups attached to an aromatic ring is 1. The van der Waals surface area contributed by atoms with Gasteiger partial charge in [-0.15, -0.1) is 11.3 Å². The van der Waals surface area contributed by atoms with Crippen LogP contribution in [0.3, 0.4) is 0 Å². The molecular formula is C15H18N6O4S. The molecule has 0 spiro atoms. The van der Waals surface area contributed by atoms with E-state index in [0.717, 1.165) is 5.00 Å². The SMILES string of the molecule is CN(c1cccs1)c1nc2c(N)ncnc2n1[C@@H]1O[C@H](CO)[C@@H](O)[C@H]1O. The Labute approximate surface area is 152 Å². The minimum Gasteiger partial charge on any atom is -0.394 e. The number of anilines is 3. The van der Waals surface area contributed by atoms with Gasteiger partial charge in [0.15, 0.2) is 23.2 Å². The third-order valence-corrected chi connectivity index (χ3v) is 5.34. The standard InChI is InChI=1S/C15H18N6O4S/c1-20(8-3-2-4-26-8)15-19-9-12(16)17-6-18-13(9)21(15)14-11(24)10(23)7(5-22)25-14/h2-4,6-7,10-11,14,22-24H,5H2,1H3,(H2,16,17,18)/t7-,10-,11-,14-/m1/s1. The van der Waals surface area contributed by atoms with E-state index in [0.29, 0.717) is 17.1 Å². The van der Waals surface area contributed by atoms with Crippen molar-refractivity contribution in [2.75, 3.05) is 24.3 Å². The topological polar surface area (TPSA) is 143 Å². The van der Waals surface area contributed by atoms with Crippen molar-refractivity contribution >= 4 is 39.3 Å². The van der Waals surface area contributed by atoms with Gasteiger partial charge in [-0.25, -0.2) is 15.0 Å². The molecular weight excluding hydrogens is 360 g/mol. The van der Waals surface area contributed by atoms with E-state index in [9.17, 15) is 15.3 Å². The molecule has 0 aromatic carbocycles. The van der Waals surface area contributed by atoms with Crippen LogP contribution in [0.1, 0.15) is 6.23 Å². The smallest absolute Gasteiger partial charge is 0.215 e. The normalized spacial score (nSPS) is 25.8. The molecule has 1 saturated heterocycles. The van der Waals surface area contributed by atoms with Gasteiger partial charge >= 0.3 is 0 Å². The third kappa shape index (κ3) is 2.52. The highest BCUT2D eigenvalue weighted by Crippen LogP contribution is 2.38. The molecule has 3 aromatic heterocycles. The number of aromatic nitrogens is 4. The zero-order valence-electron chi connectivity index (χ0n) is 13.8. The van der Waals surface area contributed by atoms with E-state index >= 15 is 0 Å². The highest BCUT2D eigenvalue weighted by molar-refractivity contribution is 7.14.